The molecule has 0 saturated heterocycles. The summed E-state index contributed by atoms with van der Waals surface area (Å²) in [5.74, 6) is 0. The van der Waals surface area contributed by atoms with Crippen LogP contribution >= 0.6 is 11.3 Å². The van der Waals surface area contributed by atoms with Crippen LogP contribution in [0.3, 0.4) is 0 Å². The highest BCUT2D eigenvalue weighted by Gasteiger charge is 2.47. The first kappa shape index (κ1) is 33.3. The number of thiophene rings is 1. The first-order valence-electron chi connectivity index (χ1n) is 19.6. The SMILES string of the molecule is C1=C/C=C/C=C(/c2ccc3c(c2)C(c2ccccc2)(c2ccccc2)c2cc(N(c4ccccc4)c4cccc5c4sc4ccccc45)c4ccccc4c2-3)C=C1. The lowest BCUT2D eigenvalue weighted by atomic mass is 9.67. The monoisotopic (exact) mass is 743 g/mol. The Kier molecular flexibility index (Phi) is 7.98. The Morgan fingerprint density at radius 2 is 1.07 bits per heavy atom. The molecule has 11 rings (SSSR count). The number of hydrogen-bond donors (Lipinski definition) is 0. The second-order valence-electron chi connectivity index (χ2n) is 14.8. The summed E-state index contributed by atoms with van der Waals surface area (Å²) in [6, 6.07) is 67.6. The minimum atomic E-state index is -0.602. The number of benzene rings is 8. The van der Waals surface area contributed by atoms with Gasteiger partial charge in [0.25, 0.3) is 0 Å². The van der Waals surface area contributed by atoms with E-state index in [2.05, 4.69) is 229 Å². The zero-order valence-corrected chi connectivity index (χ0v) is 32.0. The van der Waals surface area contributed by atoms with Gasteiger partial charge >= 0.3 is 0 Å². The van der Waals surface area contributed by atoms with Crippen molar-refractivity contribution in [3.8, 4) is 11.1 Å². The average Bonchev–Trinajstić information content (AvgIpc) is 3.79. The molecule has 0 unspecified atom stereocenters. The van der Waals surface area contributed by atoms with Crippen molar-refractivity contribution < 1.29 is 0 Å². The minimum absolute atomic E-state index is 0.602. The van der Waals surface area contributed by atoms with Gasteiger partial charge in [-0.05, 0) is 86.3 Å². The van der Waals surface area contributed by atoms with Crippen LogP contribution in [0.2, 0.25) is 0 Å². The third-order valence-electron chi connectivity index (χ3n) is 11.7. The van der Waals surface area contributed by atoms with Gasteiger partial charge in [0.1, 0.15) is 0 Å². The number of rotatable bonds is 6. The standard InChI is InChI=1S/C55H37NS/c1-2-7-20-38(21-8-3-1)39-34-35-47-48(36-39)55(40-22-9-4-10-23-40,41-24-11-5-12-25-41)49-37-51(43-28-15-16-30-45(43)53(47)49)56(42-26-13-6-14-27-42)50-32-19-31-46-44-29-17-18-33-52(44)57-54(46)50/h1-37H/b2-1?,3-1?,7-2+,8-3?,20-7?,21-8?,38-20+,38-21?. The summed E-state index contributed by atoms with van der Waals surface area (Å²) >= 11 is 1.88. The van der Waals surface area contributed by atoms with Gasteiger partial charge in [-0.25, -0.2) is 0 Å². The normalized spacial score (nSPS) is 15.5. The van der Waals surface area contributed by atoms with Crippen molar-refractivity contribution in [3.05, 3.63) is 252 Å². The minimum Gasteiger partial charge on any atom is -0.308 e. The smallest absolute Gasteiger partial charge is 0.0714 e. The fraction of sp³-hybridized carbons (Fsp3) is 0.0182. The van der Waals surface area contributed by atoms with Crippen LogP contribution in [0.15, 0.2) is 225 Å². The third kappa shape index (κ3) is 5.22. The fourth-order valence-corrected chi connectivity index (χ4v) is 10.5. The Labute approximate surface area is 337 Å². The first-order valence-corrected chi connectivity index (χ1v) is 20.4. The van der Waals surface area contributed by atoms with Gasteiger partial charge in [-0.2, -0.15) is 0 Å². The van der Waals surface area contributed by atoms with Gasteiger partial charge in [0.2, 0.25) is 0 Å². The van der Waals surface area contributed by atoms with Gasteiger partial charge in [0.05, 0.1) is 21.5 Å². The maximum atomic E-state index is 2.53. The van der Waals surface area contributed by atoms with E-state index in [9.17, 15) is 0 Å². The number of hydrogen-bond acceptors (Lipinski definition) is 2. The van der Waals surface area contributed by atoms with Crippen molar-refractivity contribution in [1.82, 2.24) is 0 Å². The zero-order valence-electron chi connectivity index (χ0n) is 31.2. The van der Waals surface area contributed by atoms with Crippen LogP contribution in [0.4, 0.5) is 17.1 Å². The van der Waals surface area contributed by atoms with Crippen LogP contribution in [0.1, 0.15) is 27.8 Å². The predicted octanol–water partition coefficient (Wildman–Crippen LogP) is 15.1. The van der Waals surface area contributed by atoms with Gasteiger partial charge in [-0.1, -0.05) is 188 Å². The van der Waals surface area contributed by atoms with E-state index in [1.54, 1.807) is 0 Å². The molecule has 0 bridgehead atoms. The average molecular weight is 744 g/mol. The Morgan fingerprint density at radius 3 is 1.84 bits per heavy atom. The van der Waals surface area contributed by atoms with Gasteiger partial charge in [-0.15, -0.1) is 11.3 Å². The molecule has 0 aliphatic heterocycles. The molecular weight excluding hydrogens is 707 g/mol. The first-order chi connectivity index (χ1) is 28.3. The molecule has 1 aromatic heterocycles. The van der Waals surface area contributed by atoms with Crippen molar-refractivity contribution in [2.45, 2.75) is 5.41 Å². The lowest BCUT2D eigenvalue weighted by molar-refractivity contribution is 0.768. The Balaban J connectivity index is 1.28. The zero-order chi connectivity index (χ0) is 37.8. The van der Waals surface area contributed by atoms with Gasteiger partial charge < -0.3 is 4.90 Å². The lowest BCUT2D eigenvalue weighted by Crippen LogP contribution is -2.29. The summed E-state index contributed by atoms with van der Waals surface area (Å²) in [5, 5.41) is 5.04. The van der Waals surface area contributed by atoms with E-state index in [1.165, 1.54) is 81.1 Å². The van der Waals surface area contributed by atoms with Crippen LogP contribution < -0.4 is 4.90 Å². The predicted molar refractivity (Wildman–Crippen MR) is 244 cm³/mol. The Bertz CT molecular complexity index is 3070. The molecule has 2 aliphatic carbocycles. The quantitative estimate of drug-likeness (QED) is 0.164. The largest absolute Gasteiger partial charge is 0.308 e. The molecule has 268 valence electrons. The van der Waals surface area contributed by atoms with Crippen LogP contribution in [0, 0.1) is 0 Å². The van der Waals surface area contributed by atoms with E-state index in [4.69, 9.17) is 0 Å². The van der Waals surface area contributed by atoms with E-state index in [0.29, 0.717) is 0 Å². The van der Waals surface area contributed by atoms with E-state index >= 15 is 0 Å². The number of anilines is 3. The molecule has 2 aliphatic rings. The molecule has 0 radical (unpaired) electrons. The van der Waals surface area contributed by atoms with E-state index in [1.807, 2.05) is 11.3 Å². The van der Waals surface area contributed by atoms with Crippen LogP contribution in [0.25, 0.3) is 47.6 Å². The van der Waals surface area contributed by atoms with Crippen molar-refractivity contribution in [1.29, 1.82) is 0 Å². The summed E-state index contributed by atoms with van der Waals surface area (Å²) in [5.41, 5.74) is 12.9. The van der Waals surface area contributed by atoms with Crippen LogP contribution in [0.5, 0.6) is 0 Å². The van der Waals surface area contributed by atoms with Crippen LogP contribution in [-0.2, 0) is 5.41 Å². The molecule has 0 amide bonds. The van der Waals surface area contributed by atoms with Gasteiger partial charge in [0, 0.05) is 26.5 Å². The van der Waals surface area contributed by atoms with Crippen LogP contribution in [-0.4, -0.2) is 0 Å². The number of allylic oxidation sites excluding steroid dienone is 8. The molecule has 2 heteroatoms. The molecule has 1 heterocycles. The summed E-state index contributed by atoms with van der Waals surface area (Å²) < 4.78 is 2.58. The van der Waals surface area contributed by atoms with E-state index in [0.717, 1.165) is 11.4 Å². The second kappa shape index (κ2) is 13.6. The van der Waals surface area contributed by atoms with Crippen molar-refractivity contribution in [2.75, 3.05) is 4.90 Å². The maximum absolute atomic E-state index is 2.53. The Morgan fingerprint density at radius 1 is 0.439 bits per heavy atom. The molecule has 0 fully saturated rings. The molecule has 0 saturated carbocycles. The van der Waals surface area contributed by atoms with E-state index in [-0.39, 0.29) is 0 Å². The fourth-order valence-electron chi connectivity index (χ4n) is 9.34. The lowest BCUT2D eigenvalue weighted by Gasteiger charge is -2.35. The number of fused-ring (bicyclic) bond motifs is 8. The number of nitrogens with zero attached hydrogens (tertiary/aromatic N) is 1. The van der Waals surface area contributed by atoms with Crippen molar-refractivity contribution in [3.63, 3.8) is 0 Å². The summed E-state index contributed by atoms with van der Waals surface area (Å²) in [6.07, 6.45) is 15.0. The second-order valence-corrected chi connectivity index (χ2v) is 15.8. The van der Waals surface area contributed by atoms with Gasteiger partial charge in [-0.3, -0.25) is 0 Å². The highest BCUT2D eigenvalue weighted by molar-refractivity contribution is 7.26. The maximum Gasteiger partial charge on any atom is 0.0714 e. The molecule has 1 nitrogen and oxygen atoms in total. The Hall–Kier alpha value is -7.00. The van der Waals surface area contributed by atoms with E-state index < -0.39 is 5.41 Å². The molecule has 8 aromatic carbocycles. The molecular formula is C55H37NS. The van der Waals surface area contributed by atoms with Crippen molar-refractivity contribution >= 4 is 64.9 Å². The third-order valence-corrected chi connectivity index (χ3v) is 13.0. The molecule has 57 heavy (non-hydrogen) atoms. The topological polar surface area (TPSA) is 3.24 Å². The number of para-hydroxylation sites is 1. The summed E-state index contributed by atoms with van der Waals surface area (Å²) in [7, 11) is 0. The molecule has 0 N–H and O–H groups in total. The molecule has 0 atom stereocenters. The molecule has 9 aromatic rings. The van der Waals surface area contributed by atoms with Gasteiger partial charge in [0.15, 0.2) is 0 Å². The van der Waals surface area contributed by atoms with Crippen molar-refractivity contribution in [2.24, 2.45) is 0 Å². The summed E-state index contributed by atoms with van der Waals surface area (Å²) in [6.45, 7) is 0. The molecule has 0 spiro atoms. The highest BCUT2D eigenvalue weighted by atomic mass is 32.1. The highest BCUT2D eigenvalue weighted by Crippen LogP contribution is 2.60. The summed E-state index contributed by atoms with van der Waals surface area (Å²) in [4.78, 5) is 2.51.